The van der Waals surface area contributed by atoms with E-state index < -0.39 is 0 Å². The maximum atomic E-state index is 11.8. The van der Waals surface area contributed by atoms with Crippen LogP contribution in [0.25, 0.3) is 10.8 Å². The van der Waals surface area contributed by atoms with Gasteiger partial charge in [0.1, 0.15) is 0 Å². The second-order valence-electron chi connectivity index (χ2n) is 6.60. The molecule has 1 aliphatic carbocycles. The first-order chi connectivity index (χ1) is 11.6. The van der Waals surface area contributed by atoms with Gasteiger partial charge >= 0.3 is 0 Å². The maximum Gasteiger partial charge on any atom is 0.255 e. The molecule has 1 aliphatic rings. The van der Waals surface area contributed by atoms with Gasteiger partial charge in [0, 0.05) is 23.7 Å². The largest absolute Gasteiger partial charge is 0.381 e. The molecule has 1 aromatic heterocycles. The first-order valence-electron chi connectivity index (χ1n) is 8.94. The van der Waals surface area contributed by atoms with Crippen molar-refractivity contribution >= 4 is 28.1 Å². The molecule has 4 nitrogen and oxygen atoms in total. The summed E-state index contributed by atoms with van der Waals surface area (Å²) in [5.74, 6) is 0. The van der Waals surface area contributed by atoms with Gasteiger partial charge in [-0.3, -0.25) is 4.79 Å². The van der Waals surface area contributed by atoms with Gasteiger partial charge < -0.3 is 15.2 Å². The van der Waals surface area contributed by atoms with Crippen LogP contribution in [0.15, 0.2) is 29.2 Å². The van der Waals surface area contributed by atoms with Gasteiger partial charge in [-0.05, 0) is 62.4 Å². The zero-order chi connectivity index (χ0) is 17.1. The highest BCUT2D eigenvalue weighted by molar-refractivity contribution is 6.34. The quantitative estimate of drug-likeness (QED) is 0.850. The number of anilines is 1. The highest BCUT2D eigenvalue weighted by Gasteiger charge is 2.24. The summed E-state index contributed by atoms with van der Waals surface area (Å²) in [7, 11) is 0. The van der Waals surface area contributed by atoms with E-state index in [1.54, 1.807) is 12.3 Å². The molecule has 3 rings (SSSR count). The number of fused-ring (bicyclic) bond motifs is 1. The van der Waals surface area contributed by atoms with E-state index in [1.807, 2.05) is 12.1 Å². The van der Waals surface area contributed by atoms with Crippen LogP contribution in [0.4, 0.5) is 5.69 Å². The van der Waals surface area contributed by atoms with Crippen molar-refractivity contribution in [2.75, 3.05) is 18.4 Å². The smallest absolute Gasteiger partial charge is 0.255 e. The predicted molar refractivity (Wildman–Crippen MR) is 102 cm³/mol. The molecule has 0 spiro atoms. The number of nitrogens with one attached hydrogen (secondary N) is 2. The molecule has 0 unspecified atom stereocenters. The predicted octanol–water partition coefficient (Wildman–Crippen LogP) is 4.25. The monoisotopic (exact) mass is 347 g/mol. The normalized spacial score (nSPS) is 21.3. The number of aromatic amines is 1. The molecule has 2 N–H and O–H groups in total. The first-order valence-corrected chi connectivity index (χ1v) is 9.31. The lowest BCUT2D eigenvalue weighted by molar-refractivity contribution is 0.167. The number of rotatable bonds is 5. The molecule has 130 valence electrons. The molecular weight excluding hydrogens is 322 g/mol. The Morgan fingerprint density at radius 2 is 1.92 bits per heavy atom. The minimum atomic E-state index is -0.0966. The summed E-state index contributed by atoms with van der Waals surface area (Å²) in [5.41, 5.74) is 0.835. The van der Waals surface area contributed by atoms with Crippen molar-refractivity contribution in [2.45, 2.75) is 51.6 Å². The van der Waals surface area contributed by atoms with Gasteiger partial charge in [0.25, 0.3) is 5.56 Å². The van der Waals surface area contributed by atoms with E-state index in [0.717, 1.165) is 37.0 Å². The molecule has 24 heavy (non-hydrogen) atoms. The van der Waals surface area contributed by atoms with E-state index in [9.17, 15) is 4.79 Å². The summed E-state index contributed by atoms with van der Waals surface area (Å²) in [5, 5.41) is 5.77. The van der Waals surface area contributed by atoms with Gasteiger partial charge in [0.05, 0.1) is 10.7 Å². The second kappa shape index (κ2) is 7.58. The van der Waals surface area contributed by atoms with E-state index in [2.05, 4.69) is 29.0 Å². The number of nitrogens with zero attached hydrogens (tertiary/aromatic N) is 1. The molecule has 1 saturated carbocycles. The van der Waals surface area contributed by atoms with E-state index in [4.69, 9.17) is 11.6 Å². The number of aromatic nitrogens is 1. The number of hydrogen-bond acceptors (Lipinski definition) is 3. The molecule has 0 saturated heterocycles. The minimum absolute atomic E-state index is 0.0966. The highest BCUT2D eigenvalue weighted by Crippen LogP contribution is 2.30. The third kappa shape index (κ3) is 3.60. The van der Waals surface area contributed by atoms with Crippen LogP contribution in [0.3, 0.4) is 0 Å². The molecule has 0 radical (unpaired) electrons. The van der Waals surface area contributed by atoms with Crippen LogP contribution < -0.4 is 10.9 Å². The van der Waals surface area contributed by atoms with Gasteiger partial charge in [-0.25, -0.2) is 0 Å². The summed E-state index contributed by atoms with van der Waals surface area (Å²) in [6, 6.07) is 6.83. The molecule has 0 bridgehead atoms. The Labute approximate surface area is 148 Å². The molecule has 2 aromatic rings. The molecule has 0 aliphatic heterocycles. The van der Waals surface area contributed by atoms with Crippen molar-refractivity contribution < 1.29 is 0 Å². The molecular formula is C19H26ClN3O. The Morgan fingerprint density at radius 3 is 2.58 bits per heavy atom. The Hall–Kier alpha value is -1.52. The fourth-order valence-electron chi connectivity index (χ4n) is 3.87. The average Bonchev–Trinajstić information content (AvgIpc) is 2.59. The van der Waals surface area contributed by atoms with Gasteiger partial charge in [-0.15, -0.1) is 0 Å². The van der Waals surface area contributed by atoms with Crippen molar-refractivity contribution in [2.24, 2.45) is 0 Å². The second-order valence-corrected chi connectivity index (χ2v) is 7.00. The Kier molecular flexibility index (Phi) is 5.47. The van der Waals surface area contributed by atoms with Crippen LogP contribution in [-0.4, -0.2) is 35.1 Å². The Morgan fingerprint density at radius 1 is 1.21 bits per heavy atom. The summed E-state index contributed by atoms with van der Waals surface area (Å²) in [6.45, 7) is 6.74. The summed E-state index contributed by atoms with van der Waals surface area (Å²) in [4.78, 5) is 17.1. The van der Waals surface area contributed by atoms with Crippen LogP contribution >= 0.6 is 11.6 Å². The van der Waals surface area contributed by atoms with Crippen LogP contribution in [-0.2, 0) is 0 Å². The van der Waals surface area contributed by atoms with Crippen molar-refractivity contribution in [3.05, 3.63) is 39.8 Å². The third-order valence-electron chi connectivity index (χ3n) is 5.25. The van der Waals surface area contributed by atoms with E-state index in [0.29, 0.717) is 22.5 Å². The van der Waals surface area contributed by atoms with Gasteiger partial charge in [-0.2, -0.15) is 0 Å². The van der Waals surface area contributed by atoms with Gasteiger partial charge in [0.2, 0.25) is 0 Å². The molecule has 1 fully saturated rings. The average molecular weight is 348 g/mol. The molecule has 1 heterocycles. The van der Waals surface area contributed by atoms with Gasteiger partial charge in [0.15, 0.2) is 0 Å². The molecule has 0 amide bonds. The molecule has 0 atom stereocenters. The van der Waals surface area contributed by atoms with Crippen LogP contribution in [0, 0.1) is 0 Å². The molecule has 5 heteroatoms. The summed E-state index contributed by atoms with van der Waals surface area (Å²) in [6.07, 6.45) is 6.45. The van der Waals surface area contributed by atoms with E-state index in [-0.39, 0.29) is 5.56 Å². The van der Waals surface area contributed by atoms with E-state index in [1.165, 1.54) is 12.8 Å². The number of H-pyrrole nitrogens is 1. The maximum absolute atomic E-state index is 11.8. The zero-order valence-electron chi connectivity index (χ0n) is 14.4. The van der Waals surface area contributed by atoms with Gasteiger partial charge in [-0.1, -0.05) is 25.4 Å². The van der Waals surface area contributed by atoms with E-state index >= 15 is 0 Å². The van der Waals surface area contributed by atoms with Crippen molar-refractivity contribution in [3.63, 3.8) is 0 Å². The van der Waals surface area contributed by atoms with Crippen molar-refractivity contribution in [3.8, 4) is 0 Å². The minimum Gasteiger partial charge on any atom is -0.381 e. The lowest BCUT2D eigenvalue weighted by Crippen LogP contribution is -2.40. The topological polar surface area (TPSA) is 48.1 Å². The van der Waals surface area contributed by atoms with Crippen molar-refractivity contribution in [1.29, 1.82) is 0 Å². The van der Waals surface area contributed by atoms with Crippen LogP contribution in [0.1, 0.15) is 39.5 Å². The fourth-order valence-corrected chi connectivity index (χ4v) is 4.08. The number of pyridine rings is 1. The highest BCUT2D eigenvalue weighted by atomic mass is 35.5. The zero-order valence-corrected chi connectivity index (χ0v) is 15.2. The first kappa shape index (κ1) is 17.3. The fraction of sp³-hybridized carbons (Fsp3) is 0.526. The lowest BCUT2D eigenvalue weighted by Gasteiger charge is -2.36. The number of halogens is 1. The SMILES string of the molecule is CCN(CC)[C@H]1CC[C@@H](Nc2cc3cc[nH]c(=O)c3cc2Cl)CC1. The van der Waals surface area contributed by atoms with Crippen LogP contribution in [0.2, 0.25) is 5.02 Å². The number of hydrogen-bond donors (Lipinski definition) is 2. The summed E-state index contributed by atoms with van der Waals surface area (Å²) >= 11 is 6.39. The Balaban J connectivity index is 1.70. The number of benzene rings is 1. The molecule has 1 aromatic carbocycles. The third-order valence-corrected chi connectivity index (χ3v) is 5.56. The standard InChI is InChI=1S/C19H26ClN3O/c1-3-23(4-2)15-7-5-14(6-8-15)22-18-11-13-9-10-21-19(24)16(13)12-17(18)20/h9-12,14-15,22H,3-8H2,1-2H3,(H,21,24)/t14-,15+. The lowest BCUT2D eigenvalue weighted by atomic mass is 9.90. The van der Waals surface area contributed by atoms with Crippen LogP contribution in [0.5, 0.6) is 0 Å². The Bertz CT molecular complexity index is 746. The summed E-state index contributed by atoms with van der Waals surface area (Å²) < 4.78 is 0. The van der Waals surface area contributed by atoms with Crippen molar-refractivity contribution in [1.82, 2.24) is 9.88 Å².